The smallest absolute Gasteiger partial charge is 0.409 e. The van der Waals surface area contributed by atoms with Gasteiger partial charge < -0.3 is 24.4 Å². The molecule has 3 heterocycles. The molecule has 1 aromatic heterocycles. The number of nitrogens with one attached hydrogen (secondary N) is 1. The van der Waals surface area contributed by atoms with Crippen molar-refractivity contribution in [1.29, 1.82) is 0 Å². The minimum Gasteiger partial charge on any atom is -0.450 e. The predicted molar refractivity (Wildman–Crippen MR) is 106 cm³/mol. The maximum atomic E-state index is 13.1. The van der Waals surface area contributed by atoms with Crippen molar-refractivity contribution in [3.8, 4) is 0 Å². The van der Waals surface area contributed by atoms with Crippen LogP contribution < -0.4 is 10.9 Å². The van der Waals surface area contributed by atoms with Crippen LogP contribution in [0.5, 0.6) is 0 Å². The zero-order valence-electron chi connectivity index (χ0n) is 16.8. The number of aromatic nitrogens is 1. The van der Waals surface area contributed by atoms with Gasteiger partial charge in [0.25, 0.3) is 11.5 Å². The predicted octanol–water partition coefficient (Wildman–Crippen LogP) is 1.07. The fraction of sp³-hybridized carbons (Fsp3) is 0.650. The minimum atomic E-state index is -0.353. The number of rotatable bonds is 4. The fourth-order valence-corrected chi connectivity index (χ4v) is 3.89. The highest BCUT2D eigenvalue weighted by Crippen LogP contribution is 2.14. The van der Waals surface area contributed by atoms with Crippen LogP contribution in [0.2, 0.25) is 0 Å². The third-order valence-corrected chi connectivity index (χ3v) is 5.53. The lowest BCUT2D eigenvalue weighted by Crippen LogP contribution is -2.51. The Morgan fingerprint density at radius 3 is 2.57 bits per heavy atom. The van der Waals surface area contributed by atoms with Crippen LogP contribution in [0, 0.1) is 12.8 Å². The zero-order valence-corrected chi connectivity index (χ0v) is 16.8. The van der Waals surface area contributed by atoms with Crippen LogP contribution in [-0.2, 0) is 11.3 Å². The summed E-state index contributed by atoms with van der Waals surface area (Å²) < 4.78 is 6.69. The molecule has 28 heavy (non-hydrogen) atoms. The van der Waals surface area contributed by atoms with Crippen LogP contribution in [0.3, 0.4) is 0 Å². The lowest BCUT2D eigenvalue weighted by Gasteiger charge is -2.34. The number of piperidine rings is 1. The normalized spacial score (nSPS) is 20.1. The van der Waals surface area contributed by atoms with Gasteiger partial charge in [-0.15, -0.1) is 0 Å². The van der Waals surface area contributed by atoms with Gasteiger partial charge in [0.15, 0.2) is 0 Å². The van der Waals surface area contributed by atoms with E-state index in [1.165, 1.54) is 0 Å². The van der Waals surface area contributed by atoms with E-state index in [1.807, 2.05) is 6.07 Å². The standard InChI is InChI=1S/C20H30N4O4/c1-3-28-20(27)23-11-9-22(10-12-23)18(25)17-15(2)6-8-24(19(17)26)14-16-5-4-7-21-13-16/h6,8,16,21H,3-5,7,9-14H2,1-2H3. The number of hydrogen-bond acceptors (Lipinski definition) is 5. The molecule has 2 saturated heterocycles. The van der Waals surface area contributed by atoms with Crippen LogP contribution in [0.15, 0.2) is 17.1 Å². The van der Waals surface area contributed by atoms with Crippen molar-refractivity contribution in [2.24, 2.45) is 5.92 Å². The van der Waals surface area contributed by atoms with Gasteiger partial charge in [-0.25, -0.2) is 4.79 Å². The lowest BCUT2D eigenvalue weighted by molar-refractivity contribution is 0.0567. The molecule has 1 unspecified atom stereocenters. The quantitative estimate of drug-likeness (QED) is 0.832. The van der Waals surface area contributed by atoms with E-state index >= 15 is 0 Å². The molecule has 154 valence electrons. The monoisotopic (exact) mass is 390 g/mol. The van der Waals surface area contributed by atoms with E-state index in [0.29, 0.717) is 50.8 Å². The number of hydrogen-bond donors (Lipinski definition) is 1. The Morgan fingerprint density at radius 1 is 1.21 bits per heavy atom. The molecular weight excluding hydrogens is 360 g/mol. The van der Waals surface area contributed by atoms with Crippen LogP contribution in [-0.4, -0.2) is 72.2 Å². The van der Waals surface area contributed by atoms with E-state index in [4.69, 9.17) is 4.74 Å². The van der Waals surface area contributed by atoms with E-state index in [1.54, 1.807) is 34.4 Å². The molecule has 2 aliphatic rings. The highest BCUT2D eigenvalue weighted by molar-refractivity contribution is 5.95. The molecule has 0 aromatic carbocycles. The third-order valence-electron chi connectivity index (χ3n) is 5.53. The van der Waals surface area contributed by atoms with Crippen molar-refractivity contribution in [3.63, 3.8) is 0 Å². The van der Waals surface area contributed by atoms with Crippen LogP contribution >= 0.6 is 0 Å². The summed E-state index contributed by atoms with van der Waals surface area (Å²) in [5.41, 5.74) is 0.722. The molecule has 2 aliphatic heterocycles. The van der Waals surface area contributed by atoms with Gasteiger partial charge in [0.2, 0.25) is 0 Å². The molecule has 1 aromatic rings. The molecule has 0 saturated carbocycles. The molecule has 0 radical (unpaired) electrons. The van der Waals surface area contributed by atoms with Crippen molar-refractivity contribution in [1.82, 2.24) is 19.7 Å². The van der Waals surface area contributed by atoms with Crippen molar-refractivity contribution >= 4 is 12.0 Å². The molecule has 8 nitrogen and oxygen atoms in total. The summed E-state index contributed by atoms with van der Waals surface area (Å²) in [6.07, 6.45) is 3.64. The second-order valence-electron chi connectivity index (χ2n) is 7.52. The van der Waals surface area contributed by atoms with Gasteiger partial charge in [-0.1, -0.05) is 0 Å². The Hall–Kier alpha value is -2.35. The summed E-state index contributed by atoms with van der Waals surface area (Å²) in [5, 5.41) is 3.36. The molecule has 2 fully saturated rings. The first-order valence-electron chi connectivity index (χ1n) is 10.1. The van der Waals surface area contributed by atoms with E-state index in [2.05, 4.69) is 5.32 Å². The number of piperazine rings is 1. The maximum absolute atomic E-state index is 13.1. The molecule has 0 spiro atoms. The van der Waals surface area contributed by atoms with Crippen molar-refractivity contribution in [2.75, 3.05) is 45.9 Å². The van der Waals surface area contributed by atoms with Gasteiger partial charge >= 0.3 is 6.09 Å². The van der Waals surface area contributed by atoms with E-state index in [0.717, 1.165) is 25.9 Å². The Balaban J connectivity index is 1.70. The molecule has 0 bridgehead atoms. The average Bonchev–Trinajstić information content (AvgIpc) is 2.71. The highest BCUT2D eigenvalue weighted by atomic mass is 16.6. The summed E-state index contributed by atoms with van der Waals surface area (Å²) >= 11 is 0. The summed E-state index contributed by atoms with van der Waals surface area (Å²) in [6, 6.07) is 1.85. The summed E-state index contributed by atoms with van der Waals surface area (Å²) in [5.74, 6) is 0.160. The first-order valence-corrected chi connectivity index (χ1v) is 10.1. The number of ether oxygens (including phenoxy) is 1. The average molecular weight is 390 g/mol. The minimum absolute atomic E-state index is 0.219. The Kier molecular flexibility index (Phi) is 6.72. The maximum Gasteiger partial charge on any atom is 0.409 e. The van der Waals surface area contributed by atoms with Gasteiger partial charge in [0.05, 0.1) is 6.61 Å². The van der Waals surface area contributed by atoms with Crippen LogP contribution in [0.1, 0.15) is 35.7 Å². The SMILES string of the molecule is CCOC(=O)N1CCN(C(=O)c2c(C)ccn(CC3CCCNC3)c2=O)CC1. The number of carbonyl (C=O) groups is 2. The molecular formula is C20H30N4O4. The number of carbonyl (C=O) groups excluding carboxylic acids is 2. The third kappa shape index (κ3) is 4.55. The summed E-state index contributed by atoms with van der Waals surface area (Å²) in [4.78, 5) is 41.2. The number of amides is 2. The second-order valence-corrected chi connectivity index (χ2v) is 7.52. The molecule has 1 atom stereocenters. The number of pyridine rings is 1. The van der Waals surface area contributed by atoms with Crippen molar-refractivity contribution in [3.05, 3.63) is 33.7 Å². The van der Waals surface area contributed by atoms with E-state index < -0.39 is 0 Å². The topological polar surface area (TPSA) is 83.9 Å². The van der Waals surface area contributed by atoms with Crippen molar-refractivity contribution in [2.45, 2.75) is 33.2 Å². The summed E-state index contributed by atoms with van der Waals surface area (Å²) in [6.45, 7) is 8.09. The Labute approximate surface area is 165 Å². The first kappa shape index (κ1) is 20.4. The molecule has 8 heteroatoms. The van der Waals surface area contributed by atoms with Gasteiger partial charge in [0.1, 0.15) is 5.56 Å². The summed E-state index contributed by atoms with van der Waals surface area (Å²) in [7, 11) is 0. The van der Waals surface area contributed by atoms with Crippen molar-refractivity contribution < 1.29 is 14.3 Å². The van der Waals surface area contributed by atoms with E-state index in [9.17, 15) is 14.4 Å². The lowest BCUT2D eigenvalue weighted by atomic mass is 9.99. The van der Waals surface area contributed by atoms with Gasteiger partial charge in [0, 0.05) is 38.9 Å². The Bertz CT molecular complexity index is 762. The largest absolute Gasteiger partial charge is 0.450 e. The van der Waals surface area contributed by atoms with Gasteiger partial charge in [-0.05, 0) is 57.3 Å². The number of nitrogens with zero attached hydrogens (tertiary/aromatic N) is 3. The van der Waals surface area contributed by atoms with Gasteiger partial charge in [-0.2, -0.15) is 0 Å². The first-order chi connectivity index (χ1) is 13.5. The number of aryl methyl sites for hydroxylation is 1. The molecule has 3 rings (SSSR count). The molecule has 0 aliphatic carbocycles. The fourth-order valence-electron chi connectivity index (χ4n) is 3.89. The zero-order chi connectivity index (χ0) is 20.1. The highest BCUT2D eigenvalue weighted by Gasteiger charge is 2.28. The van der Waals surface area contributed by atoms with Gasteiger partial charge in [-0.3, -0.25) is 9.59 Å². The second kappa shape index (κ2) is 9.23. The molecule has 2 amide bonds. The molecule has 1 N–H and O–H groups in total. The van der Waals surface area contributed by atoms with E-state index in [-0.39, 0.29) is 23.1 Å². The van der Waals surface area contributed by atoms with Crippen LogP contribution in [0.4, 0.5) is 4.79 Å². The Morgan fingerprint density at radius 2 is 1.93 bits per heavy atom. The van der Waals surface area contributed by atoms with Crippen LogP contribution in [0.25, 0.3) is 0 Å².